The van der Waals surface area contributed by atoms with Crippen molar-refractivity contribution in [2.24, 2.45) is 0 Å². The Morgan fingerprint density at radius 3 is 2.92 bits per heavy atom. The van der Waals surface area contributed by atoms with Gasteiger partial charge >= 0.3 is 0 Å². The van der Waals surface area contributed by atoms with Crippen LogP contribution in [-0.4, -0.2) is 25.0 Å². The third kappa shape index (κ3) is 8.89. The molecular weight excluding hydrogens is 379 g/mol. The summed E-state index contributed by atoms with van der Waals surface area (Å²) in [5.41, 5.74) is 0.732. The van der Waals surface area contributed by atoms with Crippen LogP contribution in [0.15, 0.2) is 71.4 Å². The van der Waals surface area contributed by atoms with Crippen LogP contribution in [0, 0.1) is 0 Å². The van der Waals surface area contributed by atoms with E-state index in [4.69, 9.17) is 4.74 Å². The quantitative estimate of drug-likeness (QED) is 0.489. The van der Waals surface area contributed by atoms with Gasteiger partial charge in [0.2, 0.25) is 5.91 Å². The summed E-state index contributed by atoms with van der Waals surface area (Å²) in [7, 11) is 0. The number of ether oxygens (including phenoxy) is 1. The lowest BCUT2D eigenvalue weighted by molar-refractivity contribution is -0.127. The van der Waals surface area contributed by atoms with E-state index in [-0.39, 0.29) is 19.1 Å². The second-order valence-corrected chi connectivity index (χ2v) is 5.49. The zero-order chi connectivity index (χ0) is 17.8. The van der Waals surface area contributed by atoms with Crippen molar-refractivity contribution in [3.05, 3.63) is 71.4 Å². The molecule has 2 N–H and O–H groups in total. The van der Waals surface area contributed by atoms with Crippen LogP contribution in [0.2, 0.25) is 0 Å². The molecule has 0 bridgehead atoms. The van der Waals surface area contributed by atoms with Crippen molar-refractivity contribution in [1.29, 1.82) is 0 Å². The van der Waals surface area contributed by atoms with Crippen molar-refractivity contribution < 1.29 is 18.7 Å². The zero-order valence-electron chi connectivity index (χ0n) is 12.9. The lowest BCUT2D eigenvalue weighted by Gasteiger charge is -2.08. The molecule has 0 saturated heterocycles. The highest BCUT2D eigenvalue weighted by molar-refractivity contribution is 9.11. The average molecular weight is 397 g/mol. The predicted molar refractivity (Wildman–Crippen MR) is 94.5 cm³/mol. The maximum Gasteiger partial charge on any atom is 0.258 e. The summed E-state index contributed by atoms with van der Waals surface area (Å²) in [5, 5.41) is 5.13. The molecule has 2 amide bonds. The second-order valence-electron chi connectivity index (χ2n) is 4.57. The summed E-state index contributed by atoms with van der Waals surface area (Å²) in [6.45, 7) is 2.81. The molecule has 1 rings (SSSR count). The minimum Gasteiger partial charge on any atom is -0.491 e. The van der Waals surface area contributed by atoms with Gasteiger partial charge in [0, 0.05) is 16.6 Å². The molecule has 5 nitrogen and oxygen atoms in total. The highest BCUT2D eigenvalue weighted by atomic mass is 79.9. The fraction of sp³-hybridized carbons (Fsp3) is 0.176. The number of carbonyl (C=O) groups is 2. The largest absolute Gasteiger partial charge is 0.491 e. The van der Waals surface area contributed by atoms with E-state index in [0.717, 1.165) is 22.3 Å². The normalized spacial score (nSPS) is 14.5. The van der Waals surface area contributed by atoms with E-state index in [0.29, 0.717) is 6.42 Å². The molecule has 0 saturated carbocycles. The standard InChI is InChI=1S/C17H18BrFN2O3/c1-2-14(19)6-4-10-24-12-17(23)20-11-16(22)21-15-7-3-5-13(18)8-9-15/h2-6,8-10H,1,7,11-12H2,(H,20,23)(H,21,22)/b10-4+,14-6+. The van der Waals surface area contributed by atoms with Crippen molar-refractivity contribution in [1.82, 2.24) is 10.6 Å². The van der Waals surface area contributed by atoms with E-state index in [9.17, 15) is 14.0 Å². The smallest absolute Gasteiger partial charge is 0.258 e. The molecular formula is C17H18BrFN2O3. The fourth-order valence-corrected chi connectivity index (χ4v) is 1.85. The summed E-state index contributed by atoms with van der Waals surface area (Å²) in [6, 6.07) is 0. The van der Waals surface area contributed by atoms with Gasteiger partial charge in [0.15, 0.2) is 6.61 Å². The molecule has 1 aliphatic carbocycles. The van der Waals surface area contributed by atoms with Gasteiger partial charge in [-0.3, -0.25) is 9.59 Å². The number of hydrogen-bond donors (Lipinski definition) is 2. The van der Waals surface area contributed by atoms with E-state index in [1.165, 1.54) is 12.3 Å². The third-order valence-electron chi connectivity index (χ3n) is 2.64. The first-order valence-corrected chi connectivity index (χ1v) is 7.86. The Morgan fingerprint density at radius 2 is 2.17 bits per heavy atom. The van der Waals surface area contributed by atoms with Crippen molar-refractivity contribution >= 4 is 27.7 Å². The predicted octanol–water partition coefficient (Wildman–Crippen LogP) is 2.91. The molecule has 0 spiro atoms. The number of nitrogens with one attached hydrogen (secondary N) is 2. The Hall–Kier alpha value is -2.41. The Balaban J connectivity index is 2.25. The first kappa shape index (κ1) is 19.6. The molecule has 0 fully saturated rings. The van der Waals surface area contributed by atoms with Gasteiger partial charge in [0.1, 0.15) is 5.83 Å². The van der Waals surface area contributed by atoms with Gasteiger partial charge in [-0.1, -0.05) is 34.7 Å². The topological polar surface area (TPSA) is 67.4 Å². The Morgan fingerprint density at radius 1 is 1.38 bits per heavy atom. The molecule has 1 aliphatic rings. The molecule has 0 unspecified atom stereocenters. The van der Waals surface area contributed by atoms with Crippen molar-refractivity contribution in [2.75, 3.05) is 13.2 Å². The van der Waals surface area contributed by atoms with E-state index in [1.807, 2.05) is 18.2 Å². The maximum atomic E-state index is 12.7. The van der Waals surface area contributed by atoms with E-state index < -0.39 is 11.7 Å². The monoisotopic (exact) mass is 396 g/mol. The first-order chi connectivity index (χ1) is 11.5. The molecule has 24 heavy (non-hydrogen) atoms. The number of allylic oxidation sites excluding steroid dienone is 9. The lowest BCUT2D eigenvalue weighted by atomic mass is 10.3. The van der Waals surface area contributed by atoms with Gasteiger partial charge in [0.25, 0.3) is 5.91 Å². The van der Waals surface area contributed by atoms with Gasteiger partial charge < -0.3 is 15.4 Å². The molecule has 0 aromatic rings. The summed E-state index contributed by atoms with van der Waals surface area (Å²) in [4.78, 5) is 23.3. The average Bonchev–Trinajstić information content (AvgIpc) is 2.76. The van der Waals surface area contributed by atoms with Crippen molar-refractivity contribution in [3.63, 3.8) is 0 Å². The molecule has 0 heterocycles. The molecule has 7 heteroatoms. The molecule has 0 aromatic heterocycles. The van der Waals surface area contributed by atoms with E-state index in [1.54, 1.807) is 6.08 Å². The van der Waals surface area contributed by atoms with Crippen LogP contribution >= 0.6 is 15.9 Å². The third-order valence-corrected chi connectivity index (χ3v) is 3.17. The number of carbonyl (C=O) groups excluding carboxylic acids is 2. The summed E-state index contributed by atoms with van der Waals surface area (Å²) in [6.07, 6.45) is 12.7. The van der Waals surface area contributed by atoms with Crippen molar-refractivity contribution in [3.8, 4) is 0 Å². The minimum absolute atomic E-state index is 0.164. The van der Waals surface area contributed by atoms with Crippen LogP contribution in [0.3, 0.4) is 0 Å². The van der Waals surface area contributed by atoms with Crippen LogP contribution in [0.25, 0.3) is 0 Å². The zero-order valence-corrected chi connectivity index (χ0v) is 14.5. The van der Waals surface area contributed by atoms with Crippen LogP contribution in [-0.2, 0) is 14.3 Å². The first-order valence-electron chi connectivity index (χ1n) is 7.07. The second kappa shape index (κ2) is 11.2. The van der Waals surface area contributed by atoms with Gasteiger partial charge in [-0.2, -0.15) is 0 Å². The number of hydrogen-bond acceptors (Lipinski definition) is 3. The molecule has 0 aliphatic heterocycles. The van der Waals surface area contributed by atoms with Crippen LogP contribution in [0.1, 0.15) is 6.42 Å². The summed E-state index contributed by atoms with van der Waals surface area (Å²) < 4.78 is 18.5. The summed E-state index contributed by atoms with van der Waals surface area (Å²) >= 11 is 3.34. The number of amides is 2. The van der Waals surface area contributed by atoms with Gasteiger partial charge in [0.05, 0.1) is 12.8 Å². The van der Waals surface area contributed by atoms with Crippen LogP contribution < -0.4 is 10.6 Å². The highest BCUT2D eigenvalue weighted by Gasteiger charge is 2.07. The van der Waals surface area contributed by atoms with E-state index in [2.05, 4.69) is 33.1 Å². The Labute approximate surface area is 148 Å². The van der Waals surface area contributed by atoms with Gasteiger partial charge in [-0.25, -0.2) is 4.39 Å². The number of halogens is 2. The van der Waals surface area contributed by atoms with Gasteiger partial charge in [-0.05, 0) is 30.4 Å². The summed E-state index contributed by atoms with van der Waals surface area (Å²) in [5.74, 6) is -1.30. The molecule has 0 radical (unpaired) electrons. The molecule has 0 aromatic carbocycles. The van der Waals surface area contributed by atoms with Crippen LogP contribution in [0.4, 0.5) is 4.39 Å². The number of rotatable bonds is 8. The Kier molecular flexibility index (Phi) is 9.14. The Bertz CT molecular complexity index is 634. The van der Waals surface area contributed by atoms with Gasteiger partial charge in [-0.15, -0.1) is 0 Å². The van der Waals surface area contributed by atoms with Crippen LogP contribution in [0.5, 0.6) is 0 Å². The van der Waals surface area contributed by atoms with Crippen molar-refractivity contribution in [2.45, 2.75) is 6.42 Å². The minimum atomic E-state index is -0.513. The lowest BCUT2D eigenvalue weighted by Crippen LogP contribution is -2.37. The maximum absolute atomic E-state index is 12.7. The fourth-order valence-electron chi connectivity index (χ4n) is 1.53. The molecule has 128 valence electrons. The highest BCUT2D eigenvalue weighted by Crippen LogP contribution is 2.13. The molecule has 0 atom stereocenters. The van der Waals surface area contributed by atoms with E-state index >= 15 is 0 Å². The SMILES string of the molecule is C=C/C(F)=C\C=C\OCC(=O)NCC(=O)NC1=CC=C(Br)C=CC1.